The van der Waals surface area contributed by atoms with Crippen LogP contribution in [0.3, 0.4) is 0 Å². The number of ether oxygens (including phenoxy) is 1. The van der Waals surface area contributed by atoms with E-state index >= 15 is 0 Å². The van der Waals surface area contributed by atoms with Gasteiger partial charge in [0.25, 0.3) is 5.91 Å². The van der Waals surface area contributed by atoms with Crippen molar-refractivity contribution in [3.8, 4) is 0 Å². The van der Waals surface area contributed by atoms with Gasteiger partial charge >= 0.3 is 5.97 Å². The average molecular weight is 361 g/mol. The number of carbonyl (C=O) groups is 2. The van der Waals surface area contributed by atoms with Gasteiger partial charge in [0.05, 0.1) is 27.9 Å². The lowest BCUT2D eigenvalue weighted by atomic mass is 10.2. The molecule has 122 valence electrons. The van der Waals surface area contributed by atoms with Crippen molar-refractivity contribution in [3.63, 3.8) is 0 Å². The van der Waals surface area contributed by atoms with Crippen molar-refractivity contribution < 1.29 is 14.3 Å². The number of fused-ring (bicyclic) bond motifs is 1. The molecule has 0 spiro atoms. The molecule has 0 aliphatic rings. The zero-order valence-corrected chi connectivity index (χ0v) is 14.3. The zero-order chi connectivity index (χ0) is 17.1. The molecule has 0 radical (unpaired) electrons. The van der Waals surface area contributed by atoms with E-state index in [2.05, 4.69) is 4.99 Å². The molecular formula is C17H13ClN2O3S. The van der Waals surface area contributed by atoms with Crippen LogP contribution in [0.2, 0.25) is 5.02 Å². The number of para-hydroxylation sites is 1. The summed E-state index contributed by atoms with van der Waals surface area (Å²) in [5, 5.41) is 0.340. The molecule has 3 rings (SSSR count). The van der Waals surface area contributed by atoms with Crippen LogP contribution >= 0.6 is 22.9 Å². The van der Waals surface area contributed by atoms with Crippen LogP contribution in [0.1, 0.15) is 10.4 Å². The highest BCUT2D eigenvalue weighted by Gasteiger charge is 2.13. The Morgan fingerprint density at radius 1 is 1.17 bits per heavy atom. The lowest BCUT2D eigenvalue weighted by molar-refractivity contribution is -0.141. The number of halogens is 1. The molecule has 0 saturated carbocycles. The van der Waals surface area contributed by atoms with Crippen molar-refractivity contribution in [2.45, 2.75) is 6.54 Å². The fourth-order valence-corrected chi connectivity index (χ4v) is 3.48. The van der Waals surface area contributed by atoms with Crippen LogP contribution in [-0.4, -0.2) is 23.6 Å². The molecule has 0 aliphatic heterocycles. The summed E-state index contributed by atoms with van der Waals surface area (Å²) < 4.78 is 7.32. The van der Waals surface area contributed by atoms with Crippen LogP contribution in [0.15, 0.2) is 53.5 Å². The summed E-state index contributed by atoms with van der Waals surface area (Å²) in [7, 11) is 1.32. The van der Waals surface area contributed by atoms with E-state index in [1.165, 1.54) is 18.4 Å². The third-order valence-corrected chi connectivity index (χ3v) is 4.79. The maximum Gasteiger partial charge on any atom is 0.325 e. The topological polar surface area (TPSA) is 60.7 Å². The molecule has 0 unspecified atom stereocenters. The number of hydrogen-bond acceptors (Lipinski definition) is 4. The van der Waals surface area contributed by atoms with E-state index in [1.54, 1.807) is 28.8 Å². The van der Waals surface area contributed by atoms with Crippen LogP contribution in [0.25, 0.3) is 10.2 Å². The molecule has 1 heterocycles. The Morgan fingerprint density at radius 2 is 1.88 bits per heavy atom. The molecule has 0 fully saturated rings. The van der Waals surface area contributed by atoms with E-state index in [1.807, 2.05) is 24.3 Å². The summed E-state index contributed by atoms with van der Waals surface area (Å²) >= 11 is 7.38. The highest BCUT2D eigenvalue weighted by molar-refractivity contribution is 7.16. The predicted octanol–water partition coefficient (Wildman–Crippen LogP) is 3.27. The van der Waals surface area contributed by atoms with Crippen molar-refractivity contribution in [1.82, 2.24) is 4.57 Å². The molecule has 24 heavy (non-hydrogen) atoms. The van der Waals surface area contributed by atoms with Gasteiger partial charge in [-0.1, -0.05) is 47.2 Å². The van der Waals surface area contributed by atoms with Gasteiger partial charge in [0.1, 0.15) is 6.54 Å². The second-order valence-corrected chi connectivity index (χ2v) is 6.33. The Kier molecular flexibility index (Phi) is 4.78. The molecular weight excluding hydrogens is 348 g/mol. The standard InChI is InChI=1S/C17H13ClN2O3S/c1-23-15(21)10-20-13-8-4-5-9-14(13)24-17(20)19-16(22)11-6-2-3-7-12(11)18/h2-9H,10H2,1H3. The van der Waals surface area contributed by atoms with Crippen molar-refractivity contribution >= 4 is 45.0 Å². The van der Waals surface area contributed by atoms with Gasteiger partial charge in [0.15, 0.2) is 4.80 Å². The van der Waals surface area contributed by atoms with Crippen LogP contribution < -0.4 is 4.80 Å². The number of methoxy groups -OCH3 is 1. The van der Waals surface area contributed by atoms with E-state index in [9.17, 15) is 9.59 Å². The number of hydrogen-bond donors (Lipinski definition) is 0. The van der Waals surface area contributed by atoms with Crippen molar-refractivity contribution in [3.05, 3.63) is 63.9 Å². The zero-order valence-electron chi connectivity index (χ0n) is 12.7. The molecule has 7 heteroatoms. The minimum Gasteiger partial charge on any atom is -0.468 e. The largest absolute Gasteiger partial charge is 0.468 e. The molecule has 0 N–H and O–H groups in total. The highest BCUT2D eigenvalue weighted by atomic mass is 35.5. The number of amides is 1. The fourth-order valence-electron chi connectivity index (χ4n) is 2.23. The van der Waals surface area contributed by atoms with Crippen molar-refractivity contribution in [1.29, 1.82) is 0 Å². The Bertz CT molecular complexity index is 991. The maximum absolute atomic E-state index is 12.4. The number of nitrogens with zero attached hydrogens (tertiary/aromatic N) is 2. The van der Waals surface area contributed by atoms with Crippen molar-refractivity contribution in [2.75, 3.05) is 7.11 Å². The Balaban J connectivity index is 2.14. The molecule has 1 aromatic heterocycles. The minimum atomic E-state index is -0.453. The number of esters is 1. The summed E-state index contributed by atoms with van der Waals surface area (Å²) in [6.07, 6.45) is 0. The first-order valence-corrected chi connectivity index (χ1v) is 8.28. The van der Waals surface area contributed by atoms with Gasteiger partial charge in [-0.2, -0.15) is 4.99 Å². The summed E-state index contributed by atoms with van der Waals surface area (Å²) in [5.74, 6) is -0.865. The van der Waals surface area contributed by atoms with E-state index in [0.717, 1.165) is 10.2 Å². The smallest absolute Gasteiger partial charge is 0.325 e. The number of aromatic nitrogens is 1. The lowest BCUT2D eigenvalue weighted by Gasteiger charge is -2.03. The van der Waals surface area contributed by atoms with Gasteiger partial charge < -0.3 is 9.30 Å². The van der Waals surface area contributed by atoms with E-state index in [0.29, 0.717) is 15.4 Å². The third kappa shape index (κ3) is 3.25. The van der Waals surface area contributed by atoms with Crippen LogP contribution in [0, 0.1) is 0 Å². The van der Waals surface area contributed by atoms with Gasteiger partial charge in [-0.25, -0.2) is 0 Å². The van der Waals surface area contributed by atoms with Crippen LogP contribution in [-0.2, 0) is 16.1 Å². The van der Waals surface area contributed by atoms with Crippen LogP contribution in [0.4, 0.5) is 0 Å². The second-order valence-electron chi connectivity index (χ2n) is 4.91. The minimum absolute atomic E-state index is 0.0187. The lowest BCUT2D eigenvalue weighted by Crippen LogP contribution is -2.22. The van der Waals surface area contributed by atoms with Gasteiger partial charge in [-0.05, 0) is 24.3 Å². The molecule has 0 atom stereocenters. The van der Waals surface area contributed by atoms with E-state index < -0.39 is 11.9 Å². The average Bonchev–Trinajstić information content (AvgIpc) is 2.92. The molecule has 0 saturated heterocycles. The second kappa shape index (κ2) is 6.98. The number of benzene rings is 2. The SMILES string of the molecule is COC(=O)Cn1c(=NC(=O)c2ccccc2Cl)sc2ccccc21. The molecule has 0 aliphatic carbocycles. The Hall–Kier alpha value is -2.44. The predicted molar refractivity (Wildman–Crippen MR) is 93.2 cm³/mol. The summed E-state index contributed by atoms with van der Waals surface area (Å²) in [5.41, 5.74) is 1.14. The van der Waals surface area contributed by atoms with Gasteiger partial charge in [0.2, 0.25) is 0 Å². The number of thiazole rings is 1. The third-order valence-electron chi connectivity index (χ3n) is 3.40. The Labute approximate surface area is 146 Å². The number of rotatable bonds is 3. The molecule has 1 amide bonds. The molecule has 2 aromatic carbocycles. The maximum atomic E-state index is 12.4. The van der Waals surface area contributed by atoms with Gasteiger partial charge in [-0.15, -0.1) is 0 Å². The van der Waals surface area contributed by atoms with Crippen LogP contribution in [0.5, 0.6) is 0 Å². The van der Waals surface area contributed by atoms with E-state index in [-0.39, 0.29) is 6.54 Å². The summed E-state index contributed by atoms with van der Waals surface area (Å²) in [6.45, 7) is -0.0187. The van der Waals surface area contributed by atoms with E-state index in [4.69, 9.17) is 16.3 Å². The van der Waals surface area contributed by atoms with Crippen molar-refractivity contribution in [2.24, 2.45) is 4.99 Å². The molecule has 3 aromatic rings. The molecule has 0 bridgehead atoms. The van der Waals surface area contributed by atoms with Gasteiger partial charge in [0, 0.05) is 0 Å². The number of carbonyl (C=O) groups excluding carboxylic acids is 2. The summed E-state index contributed by atoms with van der Waals surface area (Å²) in [4.78, 5) is 28.7. The highest BCUT2D eigenvalue weighted by Crippen LogP contribution is 2.18. The monoisotopic (exact) mass is 360 g/mol. The first-order chi connectivity index (χ1) is 11.6. The normalized spacial score (nSPS) is 11.7. The Morgan fingerprint density at radius 3 is 2.62 bits per heavy atom. The molecule has 5 nitrogen and oxygen atoms in total. The quantitative estimate of drug-likeness (QED) is 0.673. The van der Waals surface area contributed by atoms with Gasteiger partial charge in [-0.3, -0.25) is 9.59 Å². The summed E-state index contributed by atoms with van der Waals surface area (Å²) in [6, 6.07) is 14.3. The fraction of sp³-hybridized carbons (Fsp3) is 0.118. The first kappa shape index (κ1) is 16.4. The first-order valence-electron chi connectivity index (χ1n) is 7.09.